The average molecular weight is 283 g/mol. The second-order valence-electron chi connectivity index (χ2n) is 6.38. The highest BCUT2D eigenvalue weighted by molar-refractivity contribution is 5.79. The second kappa shape index (κ2) is 8.25. The maximum absolute atomic E-state index is 11.8. The molecule has 1 aliphatic heterocycles. The molecule has 0 bridgehead atoms. The van der Waals surface area contributed by atoms with Crippen molar-refractivity contribution in [2.24, 2.45) is 17.6 Å². The number of nitrogens with one attached hydrogen (secondary N) is 1. The molecule has 3 N–H and O–H groups in total. The third-order valence-corrected chi connectivity index (χ3v) is 3.87. The van der Waals surface area contributed by atoms with Gasteiger partial charge in [0.25, 0.3) is 0 Å². The molecule has 20 heavy (non-hydrogen) atoms. The number of nitrogens with two attached hydrogens (primary N) is 1. The van der Waals surface area contributed by atoms with Crippen molar-refractivity contribution in [3.05, 3.63) is 0 Å². The van der Waals surface area contributed by atoms with Gasteiger partial charge in [0.1, 0.15) is 0 Å². The zero-order chi connectivity index (χ0) is 15.1. The van der Waals surface area contributed by atoms with E-state index in [1.54, 1.807) is 6.92 Å². The van der Waals surface area contributed by atoms with Gasteiger partial charge in [0.15, 0.2) is 0 Å². The molecule has 5 nitrogen and oxygen atoms in total. The van der Waals surface area contributed by atoms with E-state index in [1.807, 2.05) is 0 Å². The molecule has 0 unspecified atom stereocenters. The molecule has 1 fully saturated rings. The quantitative estimate of drug-likeness (QED) is 0.735. The van der Waals surface area contributed by atoms with Crippen LogP contribution in [0.3, 0.4) is 0 Å². The van der Waals surface area contributed by atoms with E-state index in [-0.39, 0.29) is 23.8 Å². The molecule has 0 aromatic rings. The third-order valence-electron chi connectivity index (χ3n) is 3.87. The first-order valence-electron chi connectivity index (χ1n) is 7.69. The summed E-state index contributed by atoms with van der Waals surface area (Å²) in [5.74, 6) is 0.172. The minimum Gasteiger partial charge on any atom is -0.369 e. The zero-order valence-corrected chi connectivity index (χ0v) is 13.0. The Hall–Kier alpha value is -1.10. The summed E-state index contributed by atoms with van der Waals surface area (Å²) in [7, 11) is 0. The number of likely N-dealkylation sites (tertiary alicyclic amines) is 1. The monoisotopic (exact) mass is 283 g/mol. The fraction of sp³-hybridized carbons (Fsp3) is 0.867. The summed E-state index contributed by atoms with van der Waals surface area (Å²) in [6, 6.07) is 0.287. The van der Waals surface area contributed by atoms with Crippen molar-refractivity contribution in [3.8, 4) is 0 Å². The van der Waals surface area contributed by atoms with Crippen molar-refractivity contribution in [2.45, 2.75) is 52.5 Å². The first-order chi connectivity index (χ1) is 9.38. The fourth-order valence-electron chi connectivity index (χ4n) is 2.57. The van der Waals surface area contributed by atoms with E-state index >= 15 is 0 Å². The van der Waals surface area contributed by atoms with Crippen LogP contribution >= 0.6 is 0 Å². The van der Waals surface area contributed by atoms with Gasteiger partial charge in [-0.25, -0.2) is 0 Å². The van der Waals surface area contributed by atoms with Gasteiger partial charge < -0.3 is 16.0 Å². The van der Waals surface area contributed by atoms with Crippen molar-refractivity contribution in [2.75, 3.05) is 19.6 Å². The van der Waals surface area contributed by atoms with Crippen LogP contribution in [0.5, 0.6) is 0 Å². The highest BCUT2D eigenvalue weighted by atomic mass is 16.2. The normalized spacial score (nSPS) is 19.0. The molecule has 1 rings (SSSR count). The first kappa shape index (κ1) is 17.0. The highest BCUT2D eigenvalue weighted by Crippen LogP contribution is 2.13. The minimum atomic E-state index is -0.334. The molecule has 0 aromatic heterocycles. The number of nitrogens with zero attached hydrogens (tertiary/aromatic N) is 1. The van der Waals surface area contributed by atoms with Gasteiger partial charge in [-0.05, 0) is 25.2 Å². The standard InChI is InChI=1S/C15H29N3O2/c1-11(2)10-18-8-6-13(7-9-18)17-14(19)5-4-12(3)15(16)20/h11-13H,4-10H2,1-3H3,(H2,16,20)(H,17,19)/t12-/m0/s1. The van der Waals surface area contributed by atoms with Crippen LogP contribution < -0.4 is 11.1 Å². The molecule has 1 heterocycles. The van der Waals surface area contributed by atoms with Gasteiger partial charge >= 0.3 is 0 Å². The second-order valence-corrected chi connectivity index (χ2v) is 6.38. The number of carbonyl (C=O) groups is 2. The van der Waals surface area contributed by atoms with Gasteiger partial charge in [0.05, 0.1) is 0 Å². The van der Waals surface area contributed by atoms with Gasteiger partial charge in [0, 0.05) is 38.0 Å². The van der Waals surface area contributed by atoms with E-state index in [0.717, 1.165) is 32.5 Å². The number of carbonyl (C=O) groups excluding carboxylic acids is 2. The van der Waals surface area contributed by atoms with Crippen molar-refractivity contribution < 1.29 is 9.59 Å². The Balaban J connectivity index is 2.19. The van der Waals surface area contributed by atoms with E-state index in [1.165, 1.54) is 0 Å². The Morgan fingerprint density at radius 2 is 1.85 bits per heavy atom. The smallest absolute Gasteiger partial charge is 0.220 e. The Morgan fingerprint density at radius 1 is 1.25 bits per heavy atom. The molecule has 0 radical (unpaired) electrons. The number of hydrogen-bond donors (Lipinski definition) is 2. The van der Waals surface area contributed by atoms with Gasteiger partial charge in [-0.2, -0.15) is 0 Å². The molecular weight excluding hydrogens is 254 g/mol. The molecule has 0 saturated carbocycles. The van der Waals surface area contributed by atoms with Crippen molar-refractivity contribution in [3.63, 3.8) is 0 Å². The summed E-state index contributed by atoms with van der Waals surface area (Å²) < 4.78 is 0. The van der Waals surface area contributed by atoms with Crippen LogP contribution in [0.15, 0.2) is 0 Å². The number of rotatable bonds is 7. The van der Waals surface area contributed by atoms with Crippen molar-refractivity contribution >= 4 is 11.8 Å². The summed E-state index contributed by atoms with van der Waals surface area (Å²) in [5, 5.41) is 3.07. The van der Waals surface area contributed by atoms with Gasteiger partial charge in [0.2, 0.25) is 11.8 Å². The molecular formula is C15H29N3O2. The van der Waals surface area contributed by atoms with Crippen LogP contribution in [0.1, 0.15) is 46.5 Å². The Morgan fingerprint density at radius 3 is 2.35 bits per heavy atom. The minimum absolute atomic E-state index is 0.0420. The summed E-state index contributed by atoms with van der Waals surface area (Å²) in [5.41, 5.74) is 5.19. The van der Waals surface area contributed by atoms with E-state index in [9.17, 15) is 9.59 Å². The third kappa shape index (κ3) is 6.37. The van der Waals surface area contributed by atoms with E-state index < -0.39 is 0 Å². The number of hydrogen-bond acceptors (Lipinski definition) is 3. The van der Waals surface area contributed by atoms with Crippen LogP contribution in [0.25, 0.3) is 0 Å². The van der Waals surface area contributed by atoms with Gasteiger partial charge in [-0.1, -0.05) is 20.8 Å². The van der Waals surface area contributed by atoms with Crippen LogP contribution in [-0.4, -0.2) is 42.4 Å². The predicted octanol–water partition coefficient (Wildman–Crippen LogP) is 1.12. The number of amides is 2. The molecule has 1 atom stereocenters. The molecule has 116 valence electrons. The Kier molecular flexibility index (Phi) is 6.99. The average Bonchev–Trinajstić information content (AvgIpc) is 2.37. The van der Waals surface area contributed by atoms with Crippen LogP contribution in [0.2, 0.25) is 0 Å². The van der Waals surface area contributed by atoms with Crippen molar-refractivity contribution in [1.29, 1.82) is 0 Å². The van der Waals surface area contributed by atoms with Crippen LogP contribution in [0.4, 0.5) is 0 Å². The maximum atomic E-state index is 11.8. The summed E-state index contributed by atoms with van der Waals surface area (Å²) >= 11 is 0. The molecule has 0 spiro atoms. The molecule has 2 amide bonds. The first-order valence-corrected chi connectivity index (χ1v) is 7.69. The van der Waals surface area contributed by atoms with Crippen LogP contribution in [-0.2, 0) is 9.59 Å². The topological polar surface area (TPSA) is 75.4 Å². The molecule has 5 heteroatoms. The predicted molar refractivity (Wildman–Crippen MR) is 80.0 cm³/mol. The molecule has 1 saturated heterocycles. The van der Waals surface area contributed by atoms with Crippen molar-refractivity contribution in [1.82, 2.24) is 10.2 Å². The van der Waals surface area contributed by atoms with Gasteiger partial charge in [-0.15, -0.1) is 0 Å². The van der Waals surface area contributed by atoms with E-state index in [0.29, 0.717) is 18.8 Å². The Labute approximate surface area is 122 Å². The summed E-state index contributed by atoms with van der Waals surface area (Å²) in [6.07, 6.45) is 2.96. The summed E-state index contributed by atoms with van der Waals surface area (Å²) in [6.45, 7) is 9.47. The fourth-order valence-corrected chi connectivity index (χ4v) is 2.57. The zero-order valence-electron chi connectivity index (χ0n) is 13.0. The number of piperidine rings is 1. The lowest BCUT2D eigenvalue weighted by Gasteiger charge is -2.33. The Bertz CT molecular complexity index is 323. The lowest BCUT2D eigenvalue weighted by Crippen LogP contribution is -2.45. The maximum Gasteiger partial charge on any atom is 0.220 e. The lowest BCUT2D eigenvalue weighted by molar-refractivity contribution is -0.123. The van der Waals surface area contributed by atoms with Crippen LogP contribution in [0, 0.1) is 11.8 Å². The highest BCUT2D eigenvalue weighted by Gasteiger charge is 2.21. The SMILES string of the molecule is CC(C)CN1CCC(NC(=O)CC[C@H](C)C(N)=O)CC1. The molecule has 1 aliphatic rings. The summed E-state index contributed by atoms with van der Waals surface area (Å²) in [4.78, 5) is 25.2. The lowest BCUT2D eigenvalue weighted by atomic mass is 10.0. The largest absolute Gasteiger partial charge is 0.369 e. The molecule has 0 aliphatic carbocycles. The van der Waals surface area contributed by atoms with Gasteiger partial charge in [-0.3, -0.25) is 9.59 Å². The number of primary amides is 1. The van der Waals surface area contributed by atoms with E-state index in [2.05, 4.69) is 24.1 Å². The molecule has 0 aromatic carbocycles. The van der Waals surface area contributed by atoms with E-state index in [4.69, 9.17) is 5.73 Å².